The standard InChI is InChI=1S/C14H17NO3S/c1-18-14(17)12-11(4-5-19-12)15-13(16)10-7-8-2-3-9(10)6-8/h4-5,8-10H,2-3,6-7H2,1H3,(H,15,16)/t8-,9-,10-/m0/s1. The molecule has 2 aliphatic rings. The molecule has 0 aromatic carbocycles. The molecular weight excluding hydrogens is 262 g/mol. The minimum atomic E-state index is -0.391. The van der Waals surface area contributed by atoms with Gasteiger partial charge in [-0.1, -0.05) is 6.42 Å². The Morgan fingerprint density at radius 2 is 2.21 bits per heavy atom. The maximum absolute atomic E-state index is 12.3. The molecule has 0 saturated heterocycles. The SMILES string of the molecule is COC(=O)c1sccc1NC(=O)[C@H]1C[C@H]2CC[C@H]1C2. The maximum atomic E-state index is 12.3. The molecule has 1 heterocycles. The van der Waals surface area contributed by atoms with Gasteiger partial charge in [0.05, 0.1) is 12.8 Å². The summed E-state index contributed by atoms with van der Waals surface area (Å²) >= 11 is 1.29. The van der Waals surface area contributed by atoms with Gasteiger partial charge in [-0.25, -0.2) is 4.79 Å². The van der Waals surface area contributed by atoms with Gasteiger partial charge in [-0.15, -0.1) is 11.3 Å². The quantitative estimate of drug-likeness (QED) is 0.866. The highest BCUT2D eigenvalue weighted by Crippen LogP contribution is 2.48. The summed E-state index contributed by atoms with van der Waals surface area (Å²) in [6.45, 7) is 0. The van der Waals surface area contributed by atoms with Crippen molar-refractivity contribution in [2.45, 2.75) is 25.7 Å². The second-order valence-electron chi connectivity index (χ2n) is 5.43. The first-order chi connectivity index (χ1) is 9.19. The monoisotopic (exact) mass is 279 g/mol. The summed E-state index contributed by atoms with van der Waals surface area (Å²) in [6, 6.07) is 1.77. The lowest BCUT2D eigenvalue weighted by Gasteiger charge is -2.20. The molecule has 2 fully saturated rings. The van der Waals surface area contributed by atoms with Gasteiger partial charge >= 0.3 is 5.97 Å². The average molecular weight is 279 g/mol. The molecule has 0 radical (unpaired) electrons. The molecule has 1 N–H and O–H groups in total. The second-order valence-corrected chi connectivity index (χ2v) is 6.34. The summed E-state index contributed by atoms with van der Waals surface area (Å²) < 4.78 is 4.71. The Balaban J connectivity index is 1.70. The molecular formula is C14H17NO3S. The molecule has 2 bridgehead atoms. The molecule has 4 nitrogen and oxygen atoms in total. The van der Waals surface area contributed by atoms with Crippen LogP contribution in [-0.4, -0.2) is 19.0 Å². The first kappa shape index (κ1) is 12.7. The number of methoxy groups -OCH3 is 1. The van der Waals surface area contributed by atoms with Crippen LogP contribution in [0.5, 0.6) is 0 Å². The van der Waals surface area contributed by atoms with Gasteiger partial charge in [-0.2, -0.15) is 0 Å². The van der Waals surface area contributed by atoms with Gasteiger partial charge < -0.3 is 10.1 Å². The van der Waals surface area contributed by atoms with Crippen molar-refractivity contribution < 1.29 is 14.3 Å². The zero-order valence-electron chi connectivity index (χ0n) is 10.8. The minimum Gasteiger partial charge on any atom is -0.465 e. The van der Waals surface area contributed by atoms with Crippen LogP contribution in [-0.2, 0) is 9.53 Å². The van der Waals surface area contributed by atoms with Crippen LogP contribution in [0, 0.1) is 17.8 Å². The van der Waals surface area contributed by atoms with Crippen LogP contribution in [0.4, 0.5) is 5.69 Å². The molecule has 19 heavy (non-hydrogen) atoms. The molecule has 3 atom stereocenters. The van der Waals surface area contributed by atoms with Crippen molar-refractivity contribution >= 4 is 28.9 Å². The number of anilines is 1. The molecule has 0 unspecified atom stereocenters. The van der Waals surface area contributed by atoms with Crippen molar-refractivity contribution in [1.82, 2.24) is 0 Å². The summed E-state index contributed by atoms with van der Waals surface area (Å²) in [5.74, 6) is 1.09. The highest BCUT2D eigenvalue weighted by atomic mass is 32.1. The van der Waals surface area contributed by atoms with Crippen molar-refractivity contribution in [1.29, 1.82) is 0 Å². The van der Waals surface area contributed by atoms with E-state index in [0.29, 0.717) is 16.5 Å². The van der Waals surface area contributed by atoms with Gasteiger partial charge in [0.2, 0.25) is 5.91 Å². The van der Waals surface area contributed by atoms with Crippen LogP contribution in [0.25, 0.3) is 0 Å². The molecule has 0 aliphatic heterocycles. The van der Waals surface area contributed by atoms with Gasteiger partial charge in [0.25, 0.3) is 0 Å². The summed E-state index contributed by atoms with van der Waals surface area (Å²) in [5.41, 5.74) is 0.588. The minimum absolute atomic E-state index is 0.0655. The predicted octanol–water partition coefficient (Wildman–Crippen LogP) is 2.91. The number of hydrogen-bond donors (Lipinski definition) is 1. The van der Waals surface area contributed by atoms with E-state index >= 15 is 0 Å². The van der Waals surface area contributed by atoms with E-state index in [9.17, 15) is 9.59 Å². The molecule has 1 aromatic heterocycles. The fourth-order valence-electron chi connectivity index (χ4n) is 3.45. The van der Waals surface area contributed by atoms with Gasteiger partial charge in [0.15, 0.2) is 0 Å². The lowest BCUT2D eigenvalue weighted by atomic mass is 9.88. The highest BCUT2D eigenvalue weighted by molar-refractivity contribution is 7.12. The number of hydrogen-bond acceptors (Lipinski definition) is 4. The van der Waals surface area contributed by atoms with E-state index < -0.39 is 5.97 Å². The Morgan fingerprint density at radius 3 is 2.84 bits per heavy atom. The molecule has 2 saturated carbocycles. The van der Waals surface area contributed by atoms with Gasteiger partial charge in [0.1, 0.15) is 4.88 Å². The van der Waals surface area contributed by atoms with Crippen LogP contribution >= 0.6 is 11.3 Å². The number of fused-ring (bicyclic) bond motifs is 2. The van der Waals surface area contributed by atoms with E-state index in [1.165, 1.54) is 37.7 Å². The summed E-state index contributed by atoms with van der Waals surface area (Å²) in [7, 11) is 1.35. The Labute approximate surface area is 116 Å². The van der Waals surface area contributed by atoms with Crippen LogP contribution < -0.4 is 5.32 Å². The molecule has 1 aromatic rings. The Morgan fingerprint density at radius 1 is 1.37 bits per heavy atom. The number of thiophene rings is 1. The smallest absolute Gasteiger partial charge is 0.350 e. The summed E-state index contributed by atoms with van der Waals surface area (Å²) in [5, 5.41) is 4.70. The molecule has 2 aliphatic carbocycles. The molecule has 102 valence electrons. The third-order valence-electron chi connectivity index (χ3n) is 4.37. The number of carbonyl (C=O) groups excluding carboxylic acids is 2. The van der Waals surface area contributed by atoms with E-state index in [1.54, 1.807) is 11.4 Å². The number of nitrogens with one attached hydrogen (secondary N) is 1. The lowest BCUT2D eigenvalue weighted by Crippen LogP contribution is -2.27. The van der Waals surface area contributed by atoms with Crippen molar-refractivity contribution in [3.63, 3.8) is 0 Å². The second kappa shape index (κ2) is 4.96. The van der Waals surface area contributed by atoms with E-state index in [-0.39, 0.29) is 11.8 Å². The fraction of sp³-hybridized carbons (Fsp3) is 0.571. The van der Waals surface area contributed by atoms with E-state index in [1.807, 2.05) is 0 Å². The largest absolute Gasteiger partial charge is 0.465 e. The summed E-state index contributed by atoms with van der Waals surface area (Å²) in [4.78, 5) is 24.3. The van der Waals surface area contributed by atoms with Gasteiger partial charge in [0, 0.05) is 5.92 Å². The van der Waals surface area contributed by atoms with E-state index in [4.69, 9.17) is 4.74 Å². The average Bonchev–Trinajstić information content (AvgIpc) is 3.13. The first-order valence-electron chi connectivity index (χ1n) is 6.65. The number of rotatable bonds is 3. The molecule has 3 rings (SSSR count). The van der Waals surface area contributed by atoms with Crippen molar-refractivity contribution in [2.24, 2.45) is 17.8 Å². The van der Waals surface area contributed by atoms with Crippen LogP contribution in [0.15, 0.2) is 11.4 Å². The number of ether oxygens (including phenoxy) is 1. The third-order valence-corrected chi connectivity index (χ3v) is 5.26. The highest BCUT2D eigenvalue weighted by Gasteiger charge is 2.43. The van der Waals surface area contributed by atoms with E-state index in [2.05, 4.69) is 5.32 Å². The zero-order chi connectivity index (χ0) is 13.4. The third kappa shape index (κ3) is 2.27. The number of amides is 1. The summed E-state index contributed by atoms with van der Waals surface area (Å²) in [6.07, 6.45) is 4.66. The molecule has 1 amide bonds. The Hall–Kier alpha value is -1.36. The van der Waals surface area contributed by atoms with E-state index in [0.717, 1.165) is 12.3 Å². The van der Waals surface area contributed by atoms with Crippen molar-refractivity contribution in [3.05, 3.63) is 16.3 Å². The molecule has 0 spiro atoms. The Bertz CT molecular complexity index is 511. The van der Waals surface area contributed by atoms with Gasteiger partial charge in [-0.05, 0) is 42.5 Å². The zero-order valence-corrected chi connectivity index (χ0v) is 11.7. The normalized spacial score (nSPS) is 28.4. The topological polar surface area (TPSA) is 55.4 Å². The van der Waals surface area contributed by atoms with Crippen LogP contribution in [0.1, 0.15) is 35.4 Å². The fourth-order valence-corrected chi connectivity index (χ4v) is 4.22. The van der Waals surface area contributed by atoms with Gasteiger partial charge in [-0.3, -0.25) is 4.79 Å². The first-order valence-corrected chi connectivity index (χ1v) is 7.53. The predicted molar refractivity (Wildman–Crippen MR) is 73.2 cm³/mol. The van der Waals surface area contributed by atoms with Crippen LogP contribution in [0.3, 0.4) is 0 Å². The lowest BCUT2D eigenvalue weighted by molar-refractivity contribution is -0.121. The van der Waals surface area contributed by atoms with Crippen LogP contribution in [0.2, 0.25) is 0 Å². The van der Waals surface area contributed by atoms with Crippen molar-refractivity contribution in [2.75, 3.05) is 12.4 Å². The Kier molecular flexibility index (Phi) is 3.31. The van der Waals surface area contributed by atoms with Crippen molar-refractivity contribution in [3.8, 4) is 0 Å². The maximum Gasteiger partial charge on any atom is 0.350 e. The number of carbonyl (C=O) groups is 2. The molecule has 5 heteroatoms. The number of esters is 1.